The second kappa shape index (κ2) is 9.45. The van der Waals surface area contributed by atoms with Crippen molar-refractivity contribution in [3.63, 3.8) is 0 Å². The third-order valence-corrected chi connectivity index (χ3v) is 4.89. The van der Waals surface area contributed by atoms with Crippen LogP contribution in [0.15, 0.2) is 47.3 Å². The topological polar surface area (TPSA) is 87.3 Å². The number of ether oxygens (including phenoxy) is 1. The lowest BCUT2D eigenvalue weighted by molar-refractivity contribution is -0.117. The summed E-state index contributed by atoms with van der Waals surface area (Å²) < 4.78 is 5.17. The van der Waals surface area contributed by atoms with Crippen molar-refractivity contribution in [1.82, 2.24) is 14.9 Å². The van der Waals surface area contributed by atoms with Gasteiger partial charge in [-0.3, -0.25) is 14.5 Å². The van der Waals surface area contributed by atoms with Crippen molar-refractivity contribution in [2.45, 2.75) is 20.4 Å². The molecule has 0 aliphatic rings. The summed E-state index contributed by atoms with van der Waals surface area (Å²) in [6.45, 7) is 5.49. The Hall–Kier alpha value is -3.03. The zero-order valence-corrected chi connectivity index (χ0v) is 17.0. The molecule has 29 heavy (non-hydrogen) atoms. The molecule has 0 atom stereocenters. The maximum Gasteiger partial charge on any atom is 0.258 e. The highest BCUT2D eigenvalue weighted by molar-refractivity contribution is 5.93. The molecular formula is C22H26N4O3. The predicted octanol–water partition coefficient (Wildman–Crippen LogP) is 2.63. The standard InChI is InChI=1S/C22H26N4O3/c1-15-7-6-10-18(16(15)2)24-21(27)14-26(11-12-29-3)13-20-23-19-9-5-4-8-17(19)22(28)25-20/h4-10H,11-14H2,1-3H3,(H,24,27)(H,23,25,28). The van der Waals surface area contributed by atoms with Crippen LogP contribution in [0.2, 0.25) is 0 Å². The first kappa shape index (κ1) is 20.7. The molecule has 0 radical (unpaired) electrons. The van der Waals surface area contributed by atoms with Gasteiger partial charge in [-0.25, -0.2) is 4.98 Å². The van der Waals surface area contributed by atoms with Crippen LogP contribution in [0.4, 0.5) is 5.69 Å². The lowest BCUT2D eigenvalue weighted by atomic mass is 10.1. The highest BCUT2D eigenvalue weighted by atomic mass is 16.5. The van der Waals surface area contributed by atoms with Crippen molar-refractivity contribution >= 4 is 22.5 Å². The summed E-state index contributed by atoms with van der Waals surface area (Å²) in [4.78, 5) is 34.2. The third kappa shape index (κ3) is 5.28. The Kier molecular flexibility index (Phi) is 6.74. The number of aryl methyl sites for hydroxylation is 1. The molecule has 0 aliphatic heterocycles. The maximum absolute atomic E-state index is 12.6. The van der Waals surface area contributed by atoms with E-state index in [1.807, 2.05) is 43.0 Å². The Morgan fingerprint density at radius 2 is 1.97 bits per heavy atom. The average molecular weight is 394 g/mol. The van der Waals surface area contributed by atoms with Crippen molar-refractivity contribution in [2.24, 2.45) is 0 Å². The van der Waals surface area contributed by atoms with Gasteiger partial charge in [-0.15, -0.1) is 0 Å². The fraction of sp³-hybridized carbons (Fsp3) is 0.318. The van der Waals surface area contributed by atoms with Gasteiger partial charge in [0.2, 0.25) is 5.91 Å². The van der Waals surface area contributed by atoms with Crippen LogP contribution in [-0.2, 0) is 16.1 Å². The molecule has 0 saturated heterocycles. The minimum atomic E-state index is -0.183. The molecule has 0 saturated carbocycles. The average Bonchev–Trinajstić information content (AvgIpc) is 2.69. The molecule has 3 aromatic rings. The van der Waals surface area contributed by atoms with Crippen molar-refractivity contribution in [3.8, 4) is 0 Å². The molecule has 7 nitrogen and oxygen atoms in total. The predicted molar refractivity (Wildman–Crippen MR) is 114 cm³/mol. The van der Waals surface area contributed by atoms with Gasteiger partial charge in [-0.1, -0.05) is 24.3 Å². The number of para-hydroxylation sites is 1. The van der Waals surface area contributed by atoms with Gasteiger partial charge in [0.05, 0.1) is 30.6 Å². The van der Waals surface area contributed by atoms with E-state index in [4.69, 9.17) is 4.74 Å². The number of aromatic nitrogens is 2. The van der Waals surface area contributed by atoms with Gasteiger partial charge >= 0.3 is 0 Å². The highest BCUT2D eigenvalue weighted by Crippen LogP contribution is 2.18. The van der Waals surface area contributed by atoms with E-state index in [2.05, 4.69) is 15.3 Å². The number of H-pyrrole nitrogens is 1. The number of fused-ring (bicyclic) bond motifs is 1. The molecule has 2 N–H and O–H groups in total. The fourth-order valence-electron chi connectivity index (χ4n) is 3.14. The summed E-state index contributed by atoms with van der Waals surface area (Å²) in [7, 11) is 1.62. The van der Waals surface area contributed by atoms with Crippen molar-refractivity contribution in [3.05, 3.63) is 69.8 Å². The number of aromatic amines is 1. The quantitative estimate of drug-likeness (QED) is 0.613. The summed E-state index contributed by atoms with van der Waals surface area (Å²) in [5.41, 5.74) is 3.43. The monoisotopic (exact) mass is 394 g/mol. The Labute approximate surface area is 169 Å². The minimum absolute atomic E-state index is 0.127. The van der Waals surface area contributed by atoms with Crippen LogP contribution in [0.25, 0.3) is 10.9 Å². The zero-order valence-electron chi connectivity index (χ0n) is 17.0. The number of benzene rings is 2. The van der Waals surface area contributed by atoms with Crippen LogP contribution in [0.3, 0.4) is 0 Å². The SMILES string of the molecule is COCCN(CC(=O)Nc1cccc(C)c1C)Cc1nc2ccccc2c(=O)[nH]1. The first-order valence-corrected chi connectivity index (χ1v) is 9.53. The van der Waals surface area contributed by atoms with E-state index in [0.717, 1.165) is 16.8 Å². The van der Waals surface area contributed by atoms with Crippen LogP contribution in [0.1, 0.15) is 17.0 Å². The van der Waals surface area contributed by atoms with Gasteiger partial charge in [-0.05, 0) is 43.2 Å². The lowest BCUT2D eigenvalue weighted by Crippen LogP contribution is -2.36. The largest absolute Gasteiger partial charge is 0.383 e. The maximum atomic E-state index is 12.6. The van der Waals surface area contributed by atoms with E-state index < -0.39 is 0 Å². The Morgan fingerprint density at radius 3 is 2.76 bits per heavy atom. The fourth-order valence-corrected chi connectivity index (χ4v) is 3.14. The van der Waals surface area contributed by atoms with Gasteiger partial charge in [0.15, 0.2) is 0 Å². The molecule has 0 bridgehead atoms. The van der Waals surface area contributed by atoms with Gasteiger partial charge < -0.3 is 15.0 Å². The van der Waals surface area contributed by atoms with E-state index >= 15 is 0 Å². The van der Waals surface area contributed by atoms with Crippen molar-refractivity contribution < 1.29 is 9.53 Å². The molecule has 152 valence electrons. The molecule has 7 heteroatoms. The summed E-state index contributed by atoms with van der Waals surface area (Å²) in [5.74, 6) is 0.391. The Morgan fingerprint density at radius 1 is 1.17 bits per heavy atom. The molecule has 3 rings (SSSR count). The van der Waals surface area contributed by atoms with Crippen LogP contribution in [0, 0.1) is 13.8 Å². The molecule has 0 spiro atoms. The molecule has 0 aliphatic carbocycles. The minimum Gasteiger partial charge on any atom is -0.383 e. The number of nitrogens with one attached hydrogen (secondary N) is 2. The zero-order chi connectivity index (χ0) is 20.8. The van der Waals surface area contributed by atoms with E-state index in [0.29, 0.717) is 36.4 Å². The first-order valence-electron chi connectivity index (χ1n) is 9.53. The van der Waals surface area contributed by atoms with Gasteiger partial charge in [0, 0.05) is 19.3 Å². The second-order valence-electron chi connectivity index (χ2n) is 7.03. The summed E-state index contributed by atoms with van der Waals surface area (Å²) in [6.07, 6.45) is 0. The molecule has 0 fully saturated rings. The molecule has 0 unspecified atom stereocenters. The van der Waals surface area contributed by atoms with Crippen LogP contribution in [-0.4, -0.2) is 47.6 Å². The van der Waals surface area contributed by atoms with Gasteiger partial charge in [0.25, 0.3) is 5.56 Å². The van der Waals surface area contributed by atoms with Crippen LogP contribution >= 0.6 is 0 Å². The number of carbonyl (C=O) groups is 1. The molecule has 1 amide bonds. The number of anilines is 1. The van der Waals surface area contributed by atoms with E-state index in [1.165, 1.54) is 0 Å². The number of rotatable bonds is 8. The Bertz CT molecular complexity index is 1060. The van der Waals surface area contributed by atoms with E-state index in [-0.39, 0.29) is 18.0 Å². The first-order chi connectivity index (χ1) is 14.0. The molecule has 2 aromatic carbocycles. The molecular weight excluding hydrogens is 368 g/mol. The second-order valence-corrected chi connectivity index (χ2v) is 7.03. The lowest BCUT2D eigenvalue weighted by Gasteiger charge is -2.21. The van der Waals surface area contributed by atoms with Gasteiger partial charge in [0.1, 0.15) is 5.82 Å². The smallest absolute Gasteiger partial charge is 0.258 e. The number of carbonyl (C=O) groups excluding carboxylic acids is 1. The van der Waals surface area contributed by atoms with Gasteiger partial charge in [-0.2, -0.15) is 0 Å². The van der Waals surface area contributed by atoms with E-state index in [1.54, 1.807) is 25.3 Å². The summed E-state index contributed by atoms with van der Waals surface area (Å²) in [5, 5.41) is 3.52. The van der Waals surface area contributed by atoms with Crippen molar-refractivity contribution in [1.29, 1.82) is 0 Å². The number of methoxy groups -OCH3 is 1. The van der Waals surface area contributed by atoms with Crippen LogP contribution < -0.4 is 10.9 Å². The third-order valence-electron chi connectivity index (χ3n) is 4.89. The number of hydrogen-bond donors (Lipinski definition) is 2. The van der Waals surface area contributed by atoms with E-state index in [9.17, 15) is 9.59 Å². The summed E-state index contributed by atoms with van der Waals surface area (Å²) >= 11 is 0. The highest BCUT2D eigenvalue weighted by Gasteiger charge is 2.15. The van der Waals surface area contributed by atoms with Crippen LogP contribution in [0.5, 0.6) is 0 Å². The normalized spacial score (nSPS) is 11.2. The number of amides is 1. The molecule has 1 heterocycles. The summed E-state index contributed by atoms with van der Waals surface area (Å²) in [6, 6.07) is 13.0. The Balaban J connectivity index is 1.75. The van der Waals surface area contributed by atoms with Crippen molar-refractivity contribution in [2.75, 3.05) is 32.1 Å². The molecule has 1 aromatic heterocycles. The number of nitrogens with zero attached hydrogens (tertiary/aromatic N) is 2. The number of hydrogen-bond acceptors (Lipinski definition) is 5.